The Balaban J connectivity index is 1.63. The van der Waals surface area contributed by atoms with Crippen LogP contribution in [0.1, 0.15) is 12.8 Å². The molecule has 1 saturated heterocycles. The fourth-order valence-corrected chi connectivity index (χ4v) is 3.92. The quantitative estimate of drug-likeness (QED) is 0.729. The van der Waals surface area contributed by atoms with E-state index in [1.54, 1.807) is 6.07 Å². The van der Waals surface area contributed by atoms with Gasteiger partial charge in [0.25, 0.3) is 10.0 Å². The van der Waals surface area contributed by atoms with Gasteiger partial charge in [-0.15, -0.1) is 0 Å². The third-order valence-electron chi connectivity index (χ3n) is 4.28. The Morgan fingerprint density at radius 2 is 2.15 bits per heavy atom. The van der Waals surface area contributed by atoms with Crippen LogP contribution in [0, 0.1) is 0 Å². The van der Waals surface area contributed by atoms with Gasteiger partial charge in [-0.2, -0.15) is 0 Å². The monoisotopic (exact) mass is 384 g/mol. The fraction of sp³-hybridized carbons (Fsp3) is 0.562. The number of nitrogens with zero attached hydrogens (tertiary/aromatic N) is 2. The molecule has 2 N–H and O–H groups in total. The molecular weight excluding hydrogens is 360 g/mol. The molecule has 1 aromatic rings. The van der Waals surface area contributed by atoms with Crippen LogP contribution in [0.5, 0.6) is 11.5 Å². The molecule has 0 bridgehead atoms. The predicted octanol–water partition coefficient (Wildman–Crippen LogP) is 0.337. The Bertz CT molecular complexity index is 762. The summed E-state index contributed by atoms with van der Waals surface area (Å²) in [5, 5.41) is 2.99. The van der Waals surface area contributed by atoms with Crippen LogP contribution in [0.3, 0.4) is 0 Å². The van der Waals surface area contributed by atoms with E-state index in [2.05, 4.69) is 19.9 Å². The number of sulfonamides is 1. The third-order valence-corrected chi connectivity index (χ3v) is 5.62. The van der Waals surface area contributed by atoms with Crippen LogP contribution in [0.25, 0.3) is 0 Å². The van der Waals surface area contributed by atoms with Gasteiger partial charge in [-0.25, -0.2) is 18.1 Å². The van der Waals surface area contributed by atoms with Crippen molar-refractivity contribution in [1.29, 1.82) is 0 Å². The van der Waals surface area contributed by atoms with Gasteiger partial charge in [0.1, 0.15) is 0 Å². The largest absolute Gasteiger partial charge is 0.493 e. The molecule has 2 aliphatic rings. The molecular formula is C16H24N4O5S. The molecule has 0 aromatic heterocycles. The first kappa shape index (κ1) is 18.7. The molecule has 0 amide bonds. The molecule has 3 rings (SSSR count). The first-order valence-electron chi connectivity index (χ1n) is 8.39. The van der Waals surface area contributed by atoms with Crippen molar-refractivity contribution in [2.45, 2.75) is 23.8 Å². The summed E-state index contributed by atoms with van der Waals surface area (Å²) in [6.45, 7) is 2.52. The van der Waals surface area contributed by atoms with E-state index in [9.17, 15) is 8.42 Å². The van der Waals surface area contributed by atoms with E-state index in [4.69, 9.17) is 14.2 Å². The van der Waals surface area contributed by atoms with Crippen LogP contribution in [0.2, 0.25) is 0 Å². The number of hydrogen-bond donors (Lipinski definition) is 2. The molecule has 1 aromatic carbocycles. The van der Waals surface area contributed by atoms with Gasteiger partial charge in [-0.05, 0) is 25.0 Å². The SMILES string of the molecule is COc1ccc(S(=O)(=O)NC2=NCN(C[C@@H]3CCCO3)CN2)cc1OC. The maximum absolute atomic E-state index is 12.6. The Labute approximate surface area is 153 Å². The number of ether oxygens (including phenoxy) is 3. The van der Waals surface area contributed by atoms with Crippen LogP contribution in [0.15, 0.2) is 28.1 Å². The Kier molecular flexibility index (Phi) is 5.84. The molecule has 0 saturated carbocycles. The molecule has 0 unspecified atom stereocenters. The molecule has 0 radical (unpaired) electrons. The van der Waals surface area contributed by atoms with Crippen LogP contribution in [0.4, 0.5) is 0 Å². The highest BCUT2D eigenvalue weighted by Crippen LogP contribution is 2.29. The summed E-state index contributed by atoms with van der Waals surface area (Å²) < 4.78 is 43.5. The van der Waals surface area contributed by atoms with Gasteiger partial charge < -0.3 is 19.5 Å². The standard InChI is InChI=1S/C16H24N4O5S/c1-23-14-6-5-13(8-15(14)24-2)26(21,22)19-16-17-10-20(11-18-16)9-12-4-3-7-25-12/h5-6,8,12H,3-4,7,9-11H2,1-2H3,(H2,17,18,19)/t12-/m0/s1. The number of hydrogen-bond acceptors (Lipinski definition) is 8. The first-order chi connectivity index (χ1) is 12.5. The van der Waals surface area contributed by atoms with E-state index in [1.165, 1.54) is 26.4 Å². The van der Waals surface area contributed by atoms with Crippen LogP contribution in [-0.4, -0.2) is 66.1 Å². The Morgan fingerprint density at radius 1 is 1.35 bits per heavy atom. The van der Waals surface area contributed by atoms with Gasteiger partial charge in [0.2, 0.25) is 5.96 Å². The topological polar surface area (TPSA) is 101 Å². The van der Waals surface area contributed by atoms with E-state index < -0.39 is 10.0 Å². The summed E-state index contributed by atoms with van der Waals surface area (Å²) in [5.41, 5.74) is 0. The second-order valence-corrected chi connectivity index (χ2v) is 7.78. The van der Waals surface area contributed by atoms with E-state index >= 15 is 0 Å². The molecule has 2 aliphatic heterocycles. The fourth-order valence-electron chi connectivity index (χ4n) is 2.90. The minimum Gasteiger partial charge on any atom is -0.493 e. The second-order valence-electron chi connectivity index (χ2n) is 6.09. The molecule has 144 valence electrons. The highest BCUT2D eigenvalue weighted by molar-refractivity contribution is 7.90. The molecule has 0 spiro atoms. The maximum Gasteiger partial charge on any atom is 0.264 e. The van der Waals surface area contributed by atoms with Crippen LogP contribution in [-0.2, 0) is 14.8 Å². The summed E-state index contributed by atoms with van der Waals surface area (Å²) in [4.78, 5) is 6.41. The number of rotatable bonds is 6. The Morgan fingerprint density at radius 3 is 2.77 bits per heavy atom. The van der Waals surface area contributed by atoms with Crippen molar-refractivity contribution in [2.24, 2.45) is 4.99 Å². The lowest BCUT2D eigenvalue weighted by molar-refractivity contribution is 0.0714. The Hall–Kier alpha value is -2.04. The molecule has 2 heterocycles. The highest BCUT2D eigenvalue weighted by Gasteiger charge is 2.23. The predicted molar refractivity (Wildman–Crippen MR) is 95.9 cm³/mol. The average molecular weight is 384 g/mol. The van der Waals surface area contributed by atoms with Crippen molar-refractivity contribution in [1.82, 2.24) is 14.9 Å². The zero-order valence-electron chi connectivity index (χ0n) is 14.9. The lowest BCUT2D eigenvalue weighted by atomic mass is 10.2. The van der Waals surface area contributed by atoms with Gasteiger partial charge in [-0.1, -0.05) is 0 Å². The van der Waals surface area contributed by atoms with Gasteiger partial charge in [-0.3, -0.25) is 4.90 Å². The number of guanidine groups is 1. The summed E-state index contributed by atoms with van der Waals surface area (Å²) in [6, 6.07) is 4.41. The average Bonchev–Trinajstić information content (AvgIpc) is 3.15. The molecule has 10 heteroatoms. The number of aliphatic imine (C=N–C) groups is 1. The summed E-state index contributed by atoms with van der Waals surface area (Å²) in [7, 11) is -0.831. The zero-order chi connectivity index (χ0) is 18.6. The molecule has 1 fully saturated rings. The van der Waals surface area contributed by atoms with Crippen LogP contribution >= 0.6 is 0 Å². The smallest absolute Gasteiger partial charge is 0.264 e. The van der Waals surface area contributed by atoms with Crippen molar-refractivity contribution >= 4 is 16.0 Å². The number of nitrogens with one attached hydrogen (secondary N) is 2. The number of methoxy groups -OCH3 is 2. The van der Waals surface area contributed by atoms with Crippen molar-refractivity contribution in [2.75, 3.05) is 40.7 Å². The highest BCUT2D eigenvalue weighted by atomic mass is 32.2. The summed E-state index contributed by atoms with van der Waals surface area (Å²) in [6.07, 6.45) is 2.38. The lowest BCUT2D eigenvalue weighted by Crippen LogP contribution is -2.51. The van der Waals surface area contributed by atoms with Crippen molar-refractivity contribution in [3.8, 4) is 11.5 Å². The van der Waals surface area contributed by atoms with E-state index in [1.807, 2.05) is 0 Å². The van der Waals surface area contributed by atoms with E-state index in [0.29, 0.717) is 24.8 Å². The van der Waals surface area contributed by atoms with E-state index in [-0.39, 0.29) is 17.0 Å². The number of benzene rings is 1. The summed E-state index contributed by atoms with van der Waals surface area (Å²) in [5.74, 6) is 1.03. The van der Waals surface area contributed by atoms with Crippen molar-refractivity contribution in [3.63, 3.8) is 0 Å². The molecule has 26 heavy (non-hydrogen) atoms. The minimum absolute atomic E-state index is 0.0708. The van der Waals surface area contributed by atoms with Crippen molar-refractivity contribution < 1.29 is 22.6 Å². The van der Waals surface area contributed by atoms with Crippen molar-refractivity contribution in [3.05, 3.63) is 18.2 Å². The molecule has 0 aliphatic carbocycles. The minimum atomic E-state index is -3.78. The van der Waals surface area contributed by atoms with Crippen LogP contribution < -0.4 is 19.5 Å². The van der Waals surface area contributed by atoms with E-state index in [0.717, 1.165) is 26.0 Å². The maximum atomic E-state index is 12.6. The van der Waals surface area contributed by atoms with Gasteiger partial charge in [0.15, 0.2) is 11.5 Å². The van der Waals surface area contributed by atoms with Gasteiger partial charge in [0, 0.05) is 19.2 Å². The first-order valence-corrected chi connectivity index (χ1v) is 9.87. The zero-order valence-corrected chi connectivity index (χ0v) is 15.7. The second kappa shape index (κ2) is 8.11. The molecule has 1 atom stereocenters. The lowest BCUT2D eigenvalue weighted by Gasteiger charge is -2.28. The van der Waals surface area contributed by atoms with Gasteiger partial charge >= 0.3 is 0 Å². The molecule has 9 nitrogen and oxygen atoms in total. The third kappa shape index (κ3) is 4.37. The summed E-state index contributed by atoms with van der Waals surface area (Å²) >= 11 is 0. The van der Waals surface area contributed by atoms with Gasteiger partial charge in [0.05, 0.1) is 38.6 Å². The normalized spacial score (nSPS) is 21.0.